The van der Waals surface area contributed by atoms with Gasteiger partial charge in [-0.3, -0.25) is 0 Å². The van der Waals surface area contributed by atoms with Gasteiger partial charge in [0.1, 0.15) is 5.15 Å². The van der Waals surface area contributed by atoms with Crippen LogP contribution in [0.5, 0.6) is 0 Å². The molecule has 0 fully saturated rings. The Kier molecular flexibility index (Phi) is 3.41. The molecule has 0 atom stereocenters. The van der Waals surface area contributed by atoms with E-state index >= 15 is 0 Å². The van der Waals surface area contributed by atoms with Crippen LogP contribution in [0.15, 0.2) is 6.20 Å². The third kappa shape index (κ3) is 2.67. The van der Waals surface area contributed by atoms with Gasteiger partial charge in [0.2, 0.25) is 0 Å². The second-order valence-electron chi connectivity index (χ2n) is 3.09. The molecule has 76 valence electrons. The van der Waals surface area contributed by atoms with Gasteiger partial charge in [-0.05, 0) is 20.8 Å². The van der Waals surface area contributed by atoms with Gasteiger partial charge in [-0.1, -0.05) is 11.6 Å². The number of carbonyl (C=O) groups excluding carboxylic acids is 1. The van der Waals surface area contributed by atoms with E-state index in [-0.39, 0.29) is 11.8 Å². The van der Waals surface area contributed by atoms with Gasteiger partial charge in [-0.2, -0.15) is 0 Å². The first-order valence-electron chi connectivity index (χ1n) is 4.21. The van der Waals surface area contributed by atoms with E-state index in [1.54, 1.807) is 20.8 Å². The topological polar surface area (TPSA) is 52.1 Å². The summed E-state index contributed by atoms with van der Waals surface area (Å²) in [6.07, 6.45) is 1.14. The van der Waals surface area contributed by atoms with Crippen molar-refractivity contribution in [1.29, 1.82) is 0 Å². The summed E-state index contributed by atoms with van der Waals surface area (Å²) in [4.78, 5) is 19.1. The second-order valence-corrected chi connectivity index (χ2v) is 3.44. The number of esters is 1. The van der Waals surface area contributed by atoms with E-state index in [0.29, 0.717) is 10.8 Å². The molecule has 0 unspecified atom stereocenters. The maximum Gasteiger partial charge on any atom is 0.358 e. The summed E-state index contributed by atoms with van der Waals surface area (Å²) >= 11 is 5.67. The quantitative estimate of drug-likeness (QED) is 0.707. The second kappa shape index (κ2) is 4.37. The van der Waals surface area contributed by atoms with Crippen LogP contribution < -0.4 is 0 Å². The highest BCUT2D eigenvalue weighted by atomic mass is 35.5. The summed E-state index contributed by atoms with van der Waals surface area (Å²) in [5.41, 5.74) is 0.700. The average Bonchev–Trinajstić information content (AvgIpc) is 2.08. The molecule has 0 N–H and O–H groups in total. The molecule has 0 saturated heterocycles. The Morgan fingerprint density at radius 1 is 1.57 bits per heavy atom. The molecule has 4 nitrogen and oxygen atoms in total. The van der Waals surface area contributed by atoms with Crippen LogP contribution in [0.25, 0.3) is 0 Å². The van der Waals surface area contributed by atoms with E-state index in [1.165, 1.54) is 6.20 Å². The number of aromatic nitrogens is 2. The molecule has 0 spiro atoms. The number of halogens is 1. The molecule has 14 heavy (non-hydrogen) atoms. The smallest absolute Gasteiger partial charge is 0.358 e. The molecule has 0 amide bonds. The van der Waals surface area contributed by atoms with Crippen molar-refractivity contribution in [3.8, 4) is 0 Å². The van der Waals surface area contributed by atoms with Gasteiger partial charge in [0.25, 0.3) is 0 Å². The van der Waals surface area contributed by atoms with Crippen molar-refractivity contribution in [2.24, 2.45) is 0 Å². The minimum Gasteiger partial charge on any atom is -0.458 e. The van der Waals surface area contributed by atoms with Crippen molar-refractivity contribution in [3.63, 3.8) is 0 Å². The largest absolute Gasteiger partial charge is 0.458 e. The third-order valence-corrected chi connectivity index (χ3v) is 1.81. The molecule has 0 radical (unpaired) electrons. The number of rotatable bonds is 2. The lowest BCUT2D eigenvalue weighted by Gasteiger charge is -2.07. The lowest BCUT2D eigenvalue weighted by atomic mass is 10.4. The van der Waals surface area contributed by atoms with Gasteiger partial charge in [0.05, 0.1) is 18.0 Å². The first kappa shape index (κ1) is 10.9. The fraction of sp³-hybridized carbons (Fsp3) is 0.444. The molecule has 0 aliphatic rings. The normalized spacial score (nSPS) is 10.4. The van der Waals surface area contributed by atoms with E-state index < -0.39 is 5.97 Å². The Bertz CT molecular complexity index is 353. The number of hydrogen-bond acceptors (Lipinski definition) is 4. The molecule has 0 aromatic carbocycles. The van der Waals surface area contributed by atoms with Crippen molar-refractivity contribution in [2.45, 2.75) is 26.9 Å². The monoisotopic (exact) mass is 214 g/mol. The van der Waals surface area contributed by atoms with Gasteiger partial charge in [-0.15, -0.1) is 0 Å². The molecule has 1 heterocycles. The molecule has 1 rings (SSSR count). The Morgan fingerprint density at radius 3 is 2.71 bits per heavy atom. The zero-order valence-corrected chi connectivity index (χ0v) is 9.00. The lowest BCUT2D eigenvalue weighted by Crippen LogP contribution is -2.13. The van der Waals surface area contributed by atoms with Crippen LogP contribution in [-0.4, -0.2) is 22.0 Å². The Hall–Kier alpha value is -1.16. The summed E-state index contributed by atoms with van der Waals surface area (Å²) < 4.78 is 4.95. The van der Waals surface area contributed by atoms with Gasteiger partial charge < -0.3 is 4.74 Å². The van der Waals surface area contributed by atoms with Gasteiger partial charge in [0.15, 0.2) is 5.69 Å². The van der Waals surface area contributed by atoms with Crippen LogP contribution in [0.3, 0.4) is 0 Å². The van der Waals surface area contributed by atoms with E-state index in [1.807, 2.05) is 0 Å². The number of nitrogens with zero attached hydrogens (tertiary/aromatic N) is 2. The number of carbonyl (C=O) groups is 1. The minimum absolute atomic E-state index is 0.166. The molecule has 5 heteroatoms. The standard InChI is InChI=1S/C9H11ClN2O2/c1-5(2)14-9(13)7-4-11-8(10)6(3)12-7/h4-5H,1-3H3. The summed E-state index contributed by atoms with van der Waals surface area (Å²) in [6, 6.07) is 0. The fourth-order valence-corrected chi connectivity index (χ4v) is 0.931. The van der Waals surface area contributed by atoms with Crippen molar-refractivity contribution >= 4 is 17.6 Å². The number of hydrogen-bond donors (Lipinski definition) is 0. The molecule has 1 aromatic heterocycles. The molecule has 0 bridgehead atoms. The van der Waals surface area contributed by atoms with Crippen molar-refractivity contribution in [2.75, 3.05) is 0 Å². The summed E-state index contributed by atoms with van der Waals surface area (Å²) in [5.74, 6) is -0.479. The van der Waals surface area contributed by atoms with Crippen LogP contribution in [-0.2, 0) is 4.74 Å². The van der Waals surface area contributed by atoms with Crippen LogP contribution in [0.4, 0.5) is 0 Å². The molecular formula is C9H11ClN2O2. The Morgan fingerprint density at radius 2 is 2.21 bits per heavy atom. The molecular weight excluding hydrogens is 204 g/mol. The number of ether oxygens (including phenoxy) is 1. The van der Waals surface area contributed by atoms with E-state index in [0.717, 1.165) is 0 Å². The SMILES string of the molecule is Cc1nc(C(=O)OC(C)C)cnc1Cl. The van der Waals surface area contributed by atoms with E-state index in [4.69, 9.17) is 16.3 Å². The zero-order valence-electron chi connectivity index (χ0n) is 8.24. The van der Waals surface area contributed by atoms with Crippen LogP contribution in [0.2, 0.25) is 5.15 Å². The lowest BCUT2D eigenvalue weighted by molar-refractivity contribution is 0.0370. The first-order chi connectivity index (χ1) is 6.50. The van der Waals surface area contributed by atoms with Crippen molar-refractivity contribution in [3.05, 3.63) is 22.7 Å². The van der Waals surface area contributed by atoms with Crippen molar-refractivity contribution in [1.82, 2.24) is 9.97 Å². The summed E-state index contributed by atoms with van der Waals surface area (Å²) in [6.45, 7) is 5.23. The van der Waals surface area contributed by atoms with Gasteiger partial charge >= 0.3 is 5.97 Å². The van der Waals surface area contributed by atoms with E-state index in [9.17, 15) is 4.79 Å². The average molecular weight is 215 g/mol. The van der Waals surface area contributed by atoms with Gasteiger partial charge in [-0.25, -0.2) is 14.8 Å². The molecule has 1 aromatic rings. The highest BCUT2D eigenvalue weighted by molar-refractivity contribution is 6.30. The van der Waals surface area contributed by atoms with Gasteiger partial charge in [0, 0.05) is 0 Å². The van der Waals surface area contributed by atoms with Crippen LogP contribution in [0.1, 0.15) is 30.0 Å². The van der Waals surface area contributed by atoms with E-state index in [2.05, 4.69) is 9.97 Å². The summed E-state index contributed by atoms with van der Waals surface area (Å²) in [7, 11) is 0. The Balaban J connectivity index is 2.86. The minimum atomic E-state index is -0.479. The first-order valence-corrected chi connectivity index (χ1v) is 4.58. The predicted molar refractivity (Wildman–Crippen MR) is 52.3 cm³/mol. The predicted octanol–water partition coefficient (Wildman–Crippen LogP) is 2.00. The molecule has 0 saturated carbocycles. The Labute approximate surface area is 87.3 Å². The molecule has 0 aliphatic heterocycles. The van der Waals surface area contributed by atoms with Crippen LogP contribution >= 0.6 is 11.6 Å². The fourth-order valence-electron chi connectivity index (χ4n) is 0.840. The van der Waals surface area contributed by atoms with Crippen molar-refractivity contribution < 1.29 is 9.53 Å². The summed E-state index contributed by atoms with van der Waals surface area (Å²) in [5, 5.41) is 0.297. The highest BCUT2D eigenvalue weighted by Gasteiger charge is 2.12. The third-order valence-electron chi connectivity index (χ3n) is 1.44. The zero-order chi connectivity index (χ0) is 10.7. The number of aryl methyl sites for hydroxylation is 1. The molecule has 0 aliphatic carbocycles. The highest BCUT2D eigenvalue weighted by Crippen LogP contribution is 2.09. The maximum atomic E-state index is 11.4. The van der Waals surface area contributed by atoms with Crippen LogP contribution in [0, 0.1) is 6.92 Å². The maximum absolute atomic E-state index is 11.4.